The van der Waals surface area contributed by atoms with Crippen molar-refractivity contribution in [2.75, 3.05) is 32.1 Å². The highest BCUT2D eigenvalue weighted by atomic mass is 32.1. The maximum atomic E-state index is 12.6. The first-order valence-electron chi connectivity index (χ1n) is 9.04. The Kier molecular flexibility index (Phi) is 6.96. The Morgan fingerprint density at radius 1 is 1.46 bits per heavy atom. The molecule has 2 heterocycles. The fourth-order valence-electron chi connectivity index (χ4n) is 3.17. The Morgan fingerprint density at radius 3 is 2.96 bits per heavy atom. The molecule has 150 valence electrons. The van der Waals surface area contributed by atoms with Crippen LogP contribution in [0.15, 0.2) is 35.7 Å². The van der Waals surface area contributed by atoms with Gasteiger partial charge in [0.2, 0.25) is 5.91 Å². The summed E-state index contributed by atoms with van der Waals surface area (Å²) < 4.78 is 10.7. The van der Waals surface area contributed by atoms with Crippen LogP contribution in [0.25, 0.3) is 0 Å². The van der Waals surface area contributed by atoms with Crippen LogP contribution in [0.3, 0.4) is 0 Å². The summed E-state index contributed by atoms with van der Waals surface area (Å²) >= 11 is 1.63. The fraction of sp³-hybridized carbons (Fsp3) is 0.421. The van der Waals surface area contributed by atoms with Crippen LogP contribution in [-0.2, 0) is 16.1 Å². The Morgan fingerprint density at radius 2 is 2.32 bits per heavy atom. The number of nitrogens with one attached hydrogen (secondary N) is 1. The summed E-state index contributed by atoms with van der Waals surface area (Å²) in [4.78, 5) is 26.6. The second-order valence-electron chi connectivity index (χ2n) is 6.57. The van der Waals surface area contributed by atoms with Crippen LogP contribution in [0, 0.1) is 10.1 Å². The van der Waals surface area contributed by atoms with E-state index in [1.165, 1.54) is 19.2 Å². The van der Waals surface area contributed by atoms with Crippen LogP contribution in [0.2, 0.25) is 0 Å². The number of amides is 1. The molecule has 1 fully saturated rings. The van der Waals surface area contributed by atoms with E-state index in [1.54, 1.807) is 17.4 Å². The zero-order chi connectivity index (χ0) is 19.9. The number of rotatable bonds is 9. The molecule has 1 amide bonds. The van der Waals surface area contributed by atoms with Gasteiger partial charge in [-0.1, -0.05) is 6.07 Å². The molecular formula is C19H23N3O5S. The summed E-state index contributed by atoms with van der Waals surface area (Å²) in [6.45, 7) is 2.16. The van der Waals surface area contributed by atoms with Gasteiger partial charge in [-0.25, -0.2) is 0 Å². The quantitative estimate of drug-likeness (QED) is 0.508. The maximum absolute atomic E-state index is 12.6. The summed E-state index contributed by atoms with van der Waals surface area (Å²) in [5.74, 6) is 0.0604. The minimum absolute atomic E-state index is 0.114. The third-order valence-electron chi connectivity index (χ3n) is 4.49. The van der Waals surface area contributed by atoms with Gasteiger partial charge in [0, 0.05) is 24.6 Å². The molecule has 1 aliphatic rings. The SMILES string of the molecule is COc1ccc(NC(=O)CN(Cc2cccs2)CC2CCCO2)c([N+](=O)[O-])c1. The summed E-state index contributed by atoms with van der Waals surface area (Å²) in [5.41, 5.74) is -0.0411. The lowest BCUT2D eigenvalue weighted by molar-refractivity contribution is -0.384. The van der Waals surface area contributed by atoms with Crippen molar-refractivity contribution in [1.29, 1.82) is 0 Å². The monoisotopic (exact) mass is 405 g/mol. The topological polar surface area (TPSA) is 93.9 Å². The smallest absolute Gasteiger partial charge is 0.296 e. The number of thiophene rings is 1. The minimum Gasteiger partial charge on any atom is -0.496 e. The highest BCUT2D eigenvalue weighted by Crippen LogP contribution is 2.29. The fourth-order valence-corrected chi connectivity index (χ4v) is 3.92. The number of carbonyl (C=O) groups is 1. The first kappa shape index (κ1) is 20.2. The summed E-state index contributed by atoms with van der Waals surface area (Å²) in [6, 6.07) is 8.37. The van der Waals surface area contributed by atoms with Crippen LogP contribution in [-0.4, -0.2) is 48.6 Å². The van der Waals surface area contributed by atoms with Crippen LogP contribution in [0.1, 0.15) is 17.7 Å². The molecule has 1 unspecified atom stereocenters. The molecule has 8 nitrogen and oxygen atoms in total. The van der Waals surface area contributed by atoms with E-state index >= 15 is 0 Å². The van der Waals surface area contributed by atoms with E-state index in [2.05, 4.69) is 5.32 Å². The van der Waals surface area contributed by atoms with Crippen molar-refractivity contribution < 1.29 is 19.2 Å². The number of carbonyl (C=O) groups excluding carboxylic acids is 1. The van der Waals surface area contributed by atoms with Crippen molar-refractivity contribution in [1.82, 2.24) is 4.90 Å². The largest absolute Gasteiger partial charge is 0.496 e. The highest BCUT2D eigenvalue weighted by Gasteiger charge is 2.23. The summed E-state index contributed by atoms with van der Waals surface area (Å²) in [6.07, 6.45) is 2.12. The normalized spacial score (nSPS) is 16.3. The number of nitrogens with zero attached hydrogens (tertiary/aromatic N) is 2. The van der Waals surface area contributed by atoms with Crippen molar-refractivity contribution >= 4 is 28.6 Å². The molecule has 28 heavy (non-hydrogen) atoms. The molecule has 1 aromatic heterocycles. The molecule has 3 rings (SSSR count). The van der Waals surface area contributed by atoms with Crippen LogP contribution in [0.5, 0.6) is 5.75 Å². The first-order chi connectivity index (χ1) is 13.5. The Balaban J connectivity index is 1.68. The van der Waals surface area contributed by atoms with Gasteiger partial charge in [-0.15, -0.1) is 11.3 Å². The average molecular weight is 405 g/mol. The number of hydrogen-bond acceptors (Lipinski definition) is 7. The molecule has 1 N–H and O–H groups in total. The molecule has 0 bridgehead atoms. The van der Waals surface area contributed by atoms with Crippen LogP contribution >= 0.6 is 11.3 Å². The van der Waals surface area contributed by atoms with Gasteiger partial charge in [-0.2, -0.15) is 0 Å². The van der Waals surface area contributed by atoms with Crippen molar-refractivity contribution in [3.05, 3.63) is 50.7 Å². The number of benzene rings is 1. The molecule has 1 atom stereocenters. The molecule has 0 aliphatic carbocycles. The summed E-state index contributed by atoms with van der Waals surface area (Å²) in [7, 11) is 1.44. The van der Waals surface area contributed by atoms with Crippen LogP contribution in [0.4, 0.5) is 11.4 Å². The number of nitro groups is 1. The molecule has 9 heteroatoms. The van der Waals surface area contributed by atoms with Gasteiger partial charge >= 0.3 is 0 Å². The zero-order valence-corrected chi connectivity index (χ0v) is 16.4. The first-order valence-corrected chi connectivity index (χ1v) is 9.91. The number of hydrogen-bond donors (Lipinski definition) is 1. The molecule has 0 saturated carbocycles. The Bertz CT molecular complexity index is 806. The van der Waals surface area contributed by atoms with Gasteiger partial charge in [0.05, 0.1) is 30.7 Å². The standard InChI is InChI=1S/C19H23N3O5S/c1-26-14-6-7-17(18(10-14)22(24)25)20-19(23)13-21(11-15-4-2-8-27-15)12-16-5-3-9-28-16/h3,5-7,9-10,15H,2,4,8,11-13H2,1H3,(H,20,23). The zero-order valence-electron chi connectivity index (χ0n) is 15.6. The van der Waals surface area contributed by atoms with Gasteiger partial charge < -0.3 is 14.8 Å². The summed E-state index contributed by atoms with van der Waals surface area (Å²) in [5, 5.41) is 16.0. The highest BCUT2D eigenvalue weighted by molar-refractivity contribution is 7.09. The van der Waals surface area contributed by atoms with E-state index in [0.29, 0.717) is 18.8 Å². The predicted octanol–water partition coefficient (Wildman–Crippen LogP) is 3.28. The van der Waals surface area contributed by atoms with Crippen molar-refractivity contribution in [2.24, 2.45) is 0 Å². The number of ether oxygens (including phenoxy) is 2. The van der Waals surface area contributed by atoms with E-state index in [4.69, 9.17) is 9.47 Å². The lowest BCUT2D eigenvalue weighted by atomic mass is 10.2. The van der Waals surface area contributed by atoms with E-state index in [0.717, 1.165) is 24.3 Å². The van der Waals surface area contributed by atoms with Gasteiger partial charge in [0.1, 0.15) is 11.4 Å². The van der Waals surface area contributed by atoms with Crippen molar-refractivity contribution in [3.63, 3.8) is 0 Å². The minimum atomic E-state index is -0.534. The van der Waals surface area contributed by atoms with Gasteiger partial charge in [-0.3, -0.25) is 19.8 Å². The molecular weight excluding hydrogens is 382 g/mol. The van der Waals surface area contributed by atoms with E-state index in [9.17, 15) is 14.9 Å². The Labute approximate surface area is 167 Å². The molecule has 1 aromatic carbocycles. The van der Waals surface area contributed by atoms with Gasteiger partial charge in [0.15, 0.2) is 0 Å². The second-order valence-corrected chi connectivity index (χ2v) is 7.60. The van der Waals surface area contributed by atoms with Gasteiger partial charge in [0.25, 0.3) is 5.69 Å². The Hall–Kier alpha value is -2.49. The molecule has 1 aliphatic heterocycles. The third-order valence-corrected chi connectivity index (χ3v) is 5.35. The second kappa shape index (κ2) is 9.63. The maximum Gasteiger partial charge on any atom is 0.296 e. The molecule has 0 spiro atoms. The van der Waals surface area contributed by atoms with Gasteiger partial charge in [-0.05, 0) is 36.4 Å². The van der Waals surface area contributed by atoms with Crippen molar-refractivity contribution in [2.45, 2.75) is 25.5 Å². The van der Waals surface area contributed by atoms with E-state index in [1.807, 2.05) is 22.4 Å². The molecule has 1 saturated heterocycles. The lowest BCUT2D eigenvalue weighted by Crippen LogP contribution is -2.37. The van der Waals surface area contributed by atoms with E-state index < -0.39 is 4.92 Å². The molecule has 0 radical (unpaired) electrons. The molecule has 2 aromatic rings. The average Bonchev–Trinajstić information content (AvgIpc) is 3.36. The van der Waals surface area contributed by atoms with Crippen LogP contribution < -0.4 is 10.1 Å². The number of methoxy groups -OCH3 is 1. The van der Waals surface area contributed by atoms with E-state index in [-0.39, 0.29) is 29.9 Å². The number of anilines is 1. The number of nitro benzene ring substituents is 1. The lowest BCUT2D eigenvalue weighted by Gasteiger charge is -2.24. The predicted molar refractivity (Wildman–Crippen MR) is 107 cm³/mol. The third kappa shape index (κ3) is 5.51. The van der Waals surface area contributed by atoms with Crippen molar-refractivity contribution in [3.8, 4) is 5.75 Å².